The molecule has 0 bridgehead atoms. The molecule has 2 aliphatic heterocycles. The van der Waals surface area contributed by atoms with Crippen LogP contribution in [0.4, 0.5) is 0 Å². The number of piperidine rings is 1. The topological polar surface area (TPSA) is 36.1 Å². The Morgan fingerprint density at radius 1 is 1.41 bits per heavy atom. The summed E-state index contributed by atoms with van der Waals surface area (Å²) in [5.41, 5.74) is 0. The van der Waals surface area contributed by atoms with Gasteiger partial charge >= 0.3 is 0 Å². The third kappa shape index (κ3) is 3.42. The van der Waals surface area contributed by atoms with Crippen LogP contribution < -0.4 is 0 Å². The van der Waals surface area contributed by atoms with Gasteiger partial charge in [-0.05, 0) is 33.2 Å². The van der Waals surface area contributed by atoms with Crippen LogP contribution in [0.5, 0.6) is 0 Å². The minimum Gasteiger partial charge on any atom is -0.372 e. The van der Waals surface area contributed by atoms with Crippen LogP contribution in [-0.2, 0) is 9.53 Å². The Morgan fingerprint density at radius 2 is 2.12 bits per heavy atom. The molecule has 0 N–H and O–H groups in total. The summed E-state index contributed by atoms with van der Waals surface area (Å²) in [6, 6.07) is 0. The van der Waals surface area contributed by atoms with E-state index in [1.54, 1.807) is 0 Å². The Morgan fingerprint density at radius 3 is 2.71 bits per heavy atom. The molecule has 1 amide bonds. The number of ether oxygens (including phenoxy) is 1. The Balaban J connectivity index is 1.84. The fourth-order valence-corrected chi connectivity index (χ4v) is 2.68. The van der Waals surface area contributed by atoms with Crippen LogP contribution in [0.1, 0.15) is 26.7 Å². The third-order valence-corrected chi connectivity index (χ3v) is 3.79. The molecule has 0 saturated carbocycles. The maximum atomic E-state index is 12.3. The lowest BCUT2D eigenvalue weighted by Gasteiger charge is -2.34. The zero-order chi connectivity index (χ0) is 12.3. The van der Waals surface area contributed by atoms with E-state index < -0.39 is 0 Å². The van der Waals surface area contributed by atoms with E-state index in [0.717, 1.165) is 52.2 Å². The average Bonchev–Trinajstić information content (AvgIpc) is 3.15. The van der Waals surface area contributed by atoms with E-state index in [4.69, 9.17) is 4.74 Å². The molecule has 2 heterocycles. The lowest BCUT2D eigenvalue weighted by atomic mass is 9.96. The zero-order valence-corrected chi connectivity index (χ0v) is 11.0. The normalized spacial score (nSPS) is 29.1. The number of hydrogen-bond donors (Lipinski definition) is 0. The summed E-state index contributed by atoms with van der Waals surface area (Å²) in [5.74, 6) is 0.554. The second-order valence-electron chi connectivity index (χ2n) is 5.06. The average molecular weight is 240 g/mol. The standard InChI is InChI=1S/C13H24N2O2/c1-3-15(4-2)13(16)11-6-5-7-14(8-11)9-12-10-17-12/h11-12H,3-10H2,1-2H3/t11-,12-/m0/s1. The van der Waals surface area contributed by atoms with Gasteiger partial charge in [0.05, 0.1) is 18.6 Å². The van der Waals surface area contributed by atoms with E-state index in [1.807, 2.05) is 4.90 Å². The molecule has 2 aliphatic rings. The van der Waals surface area contributed by atoms with Crippen LogP contribution in [0.25, 0.3) is 0 Å². The molecular formula is C13H24N2O2. The quantitative estimate of drug-likeness (QED) is 0.672. The van der Waals surface area contributed by atoms with Crippen molar-refractivity contribution >= 4 is 5.91 Å². The van der Waals surface area contributed by atoms with Crippen LogP contribution in [0.15, 0.2) is 0 Å². The Kier molecular flexibility index (Phi) is 4.40. The first-order chi connectivity index (χ1) is 8.24. The number of amides is 1. The summed E-state index contributed by atoms with van der Waals surface area (Å²) in [5, 5.41) is 0. The highest BCUT2D eigenvalue weighted by molar-refractivity contribution is 5.79. The van der Waals surface area contributed by atoms with Crippen molar-refractivity contribution in [3.8, 4) is 0 Å². The van der Waals surface area contributed by atoms with Gasteiger partial charge in [-0.15, -0.1) is 0 Å². The second kappa shape index (κ2) is 5.83. The van der Waals surface area contributed by atoms with E-state index >= 15 is 0 Å². The molecule has 4 heteroatoms. The first kappa shape index (κ1) is 12.8. The fraction of sp³-hybridized carbons (Fsp3) is 0.923. The van der Waals surface area contributed by atoms with Crippen molar-refractivity contribution in [3.63, 3.8) is 0 Å². The molecule has 2 atom stereocenters. The van der Waals surface area contributed by atoms with Gasteiger partial charge in [-0.3, -0.25) is 9.69 Å². The number of epoxide rings is 1. The summed E-state index contributed by atoms with van der Waals surface area (Å²) in [7, 11) is 0. The monoisotopic (exact) mass is 240 g/mol. The maximum absolute atomic E-state index is 12.3. The Hall–Kier alpha value is -0.610. The van der Waals surface area contributed by atoms with Crippen molar-refractivity contribution in [2.75, 3.05) is 39.3 Å². The molecule has 0 spiro atoms. The summed E-state index contributed by atoms with van der Waals surface area (Å²) < 4.78 is 5.26. The largest absolute Gasteiger partial charge is 0.372 e. The molecule has 2 fully saturated rings. The van der Waals surface area contributed by atoms with E-state index in [9.17, 15) is 4.79 Å². The fourth-order valence-electron chi connectivity index (χ4n) is 2.68. The maximum Gasteiger partial charge on any atom is 0.226 e. The van der Waals surface area contributed by atoms with Crippen molar-refractivity contribution in [3.05, 3.63) is 0 Å². The molecule has 4 nitrogen and oxygen atoms in total. The van der Waals surface area contributed by atoms with Crippen LogP contribution in [0.3, 0.4) is 0 Å². The first-order valence-corrected chi connectivity index (χ1v) is 6.87. The van der Waals surface area contributed by atoms with Crippen molar-refractivity contribution < 1.29 is 9.53 Å². The van der Waals surface area contributed by atoms with E-state index in [1.165, 1.54) is 0 Å². The van der Waals surface area contributed by atoms with E-state index in [-0.39, 0.29) is 5.92 Å². The molecular weight excluding hydrogens is 216 g/mol. The molecule has 2 rings (SSSR count). The van der Waals surface area contributed by atoms with Crippen molar-refractivity contribution in [1.82, 2.24) is 9.80 Å². The van der Waals surface area contributed by atoms with Crippen molar-refractivity contribution in [2.45, 2.75) is 32.8 Å². The van der Waals surface area contributed by atoms with E-state index in [2.05, 4.69) is 18.7 Å². The Bertz CT molecular complexity index is 262. The van der Waals surface area contributed by atoms with Gasteiger partial charge in [0.1, 0.15) is 0 Å². The van der Waals surface area contributed by atoms with Gasteiger partial charge in [0.25, 0.3) is 0 Å². The number of carbonyl (C=O) groups is 1. The van der Waals surface area contributed by atoms with Crippen LogP contribution >= 0.6 is 0 Å². The van der Waals surface area contributed by atoms with Gasteiger partial charge in [-0.25, -0.2) is 0 Å². The predicted molar refractivity (Wildman–Crippen MR) is 66.8 cm³/mol. The van der Waals surface area contributed by atoms with Crippen molar-refractivity contribution in [1.29, 1.82) is 0 Å². The molecule has 0 radical (unpaired) electrons. The van der Waals surface area contributed by atoms with Gasteiger partial charge in [-0.1, -0.05) is 0 Å². The molecule has 0 aliphatic carbocycles. The molecule has 0 aromatic carbocycles. The van der Waals surface area contributed by atoms with Crippen LogP contribution in [0, 0.1) is 5.92 Å². The number of rotatable bonds is 5. The summed E-state index contributed by atoms with van der Waals surface area (Å²) in [6.07, 6.45) is 2.64. The molecule has 98 valence electrons. The number of hydrogen-bond acceptors (Lipinski definition) is 3. The van der Waals surface area contributed by atoms with Gasteiger partial charge in [0, 0.05) is 26.2 Å². The SMILES string of the molecule is CCN(CC)C(=O)[C@H]1CCCN(C[C@H]2CO2)C1. The highest BCUT2D eigenvalue weighted by Gasteiger charge is 2.32. The van der Waals surface area contributed by atoms with Gasteiger partial charge < -0.3 is 9.64 Å². The van der Waals surface area contributed by atoms with Gasteiger partial charge in [0.15, 0.2) is 0 Å². The minimum absolute atomic E-state index is 0.211. The summed E-state index contributed by atoms with van der Waals surface area (Å²) in [6.45, 7) is 9.75. The number of likely N-dealkylation sites (tertiary alicyclic amines) is 1. The molecule has 0 unspecified atom stereocenters. The lowest BCUT2D eigenvalue weighted by molar-refractivity contribution is -0.137. The first-order valence-electron chi connectivity index (χ1n) is 6.87. The number of carbonyl (C=O) groups excluding carboxylic acids is 1. The highest BCUT2D eigenvalue weighted by Crippen LogP contribution is 2.21. The second-order valence-corrected chi connectivity index (χ2v) is 5.06. The number of nitrogens with zero attached hydrogens (tertiary/aromatic N) is 2. The molecule has 17 heavy (non-hydrogen) atoms. The van der Waals surface area contributed by atoms with Crippen LogP contribution in [0.2, 0.25) is 0 Å². The summed E-state index contributed by atoms with van der Waals surface area (Å²) >= 11 is 0. The van der Waals surface area contributed by atoms with Crippen molar-refractivity contribution in [2.24, 2.45) is 5.92 Å². The predicted octanol–water partition coefficient (Wildman–Crippen LogP) is 0.966. The third-order valence-electron chi connectivity index (χ3n) is 3.79. The van der Waals surface area contributed by atoms with Gasteiger partial charge in [0.2, 0.25) is 5.91 Å². The summed E-state index contributed by atoms with van der Waals surface area (Å²) in [4.78, 5) is 16.6. The molecule has 2 saturated heterocycles. The molecule has 0 aromatic heterocycles. The zero-order valence-electron chi connectivity index (χ0n) is 11.0. The van der Waals surface area contributed by atoms with Gasteiger partial charge in [-0.2, -0.15) is 0 Å². The lowest BCUT2D eigenvalue weighted by Crippen LogP contribution is -2.45. The Labute approximate surface area is 104 Å². The smallest absolute Gasteiger partial charge is 0.226 e. The highest BCUT2D eigenvalue weighted by atomic mass is 16.6. The van der Waals surface area contributed by atoms with Crippen LogP contribution in [-0.4, -0.2) is 61.1 Å². The molecule has 0 aromatic rings. The minimum atomic E-state index is 0.211. The van der Waals surface area contributed by atoms with E-state index in [0.29, 0.717) is 12.0 Å².